The standard InChI is InChI=1S/C11H14N2.2C10H13N3.C10H12N2O.C10H12N2S.C9H12N4.5C2H6.CH4/c1-8(2)12-11-7-9-5-3-4-6-10(9)13-11;1-8(2)11-9-7-13-6-4-3-5-10(13)12-9;3*1-7(2)11-10-12-8-5-3-4-6-9(8)13-10;1-7(2)11-8-6-13-9(12-8)4-3-5-10-13;5*1-2;/h3-6,8H,7H2,1-2H3,(H,12,13);3-8,11H,1-2H3;3-7H,1-2H3,(H2,11,12,13);2*3-7H,1-2H3,(H,11,12);3-7,11H,1-2H3;5*1-2H3;1H4. The lowest BCUT2D eigenvalue weighted by Gasteiger charge is -2.04. The van der Waals surface area contributed by atoms with Gasteiger partial charge in [0.15, 0.2) is 16.4 Å². The fourth-order valence-electron chi connectivity index (χ4n) is 7.72. The predicted octanol–water partition coefficient (Wildman–Crippen LogP) is 20.1. The van der Waals surface area contributed by atoms with Crippen molar-refractivity contribution in [2.24, 2.45) is 4.99 Å². The zero-order valence-corrected chi connectivity index (χ0v) is 57.8. The summed E-state index contributed by atoms with van der Waals surface area (Å²) in [5, 5.41) is 24.6. The third kappa shape index (κ3) is 28.5. The number of thiazole rings is 1. The molecule has 0 atom stereocenters. The van der Waals surface area contributed by atoms with Gasteiger partial charge in [-0.2, -0.15) is 10.1 Å². The van der Waals surface area contributed by atoms with Gasteiger partial charge in [0.1, 0.15) is 28.6 Å². The first-order chi connectivity index (χ1) is 42.5. The Morgan fingerprint density at radius 3 is 1.62 bits per heavy atom. The predicted molar refractivity (Wildman–Crippen MR) is 392 cm³/mol. The topological polar surface area (TPSA) is 200 Å². The van der Waals surface area contributed by atoms with Gasteiger partial charge in [0.05, 0.1) is 33.6 Å². The van der Waals surface area contributed by atoms with Gasteiger partial charge < -0.3 is 45.7 Å². The van der Waals surface area contributed by atoms with Crippen LogP contribution in [0.5, 0.6) is 0 Å². The summed E-state index contributed by atoms with van der Waals surface area (Å²) in [7, 11) is 0. The molecule has 486 valence electrons. The van der Waals surface area contributed by atoms with Gasteiger partial charge in [0, 0.05) is 60.8 Å². The van der Waals surface area contributed by atoms with E-state index in [-0.39, 0.29) is 7.43 Å². The average molecular weight is 1240 g/mol. The lowest BCUT2D eigenvalue weighted by molar-refractivity contribution is 0.606. The van der Waals surface area contributed by atoms with Crippen LogP contribution in [0.3, 0.4) is 0 Å². The van der Waals surface area contributed by atoms with Gasteiger partial charge in [-0.15, -0.1) is 0 Å². The van der Waals surface area contributed by atoms with E-state index in [2.05, 4.69) is 179 Å². The van der Waals surface area contributed by atoms with Gasteiger partial charge >= 0.3 is 0 Å². The molecule has 11 aromatic rings. The van der Waals surface area contributed by atoms with E-state index < -0.39 is 0 Å². The van der Waals surface area contributed by atoms with E-state index in [1.807, 2.05) is 195 Å². The van der Waals surface area contributed by atoms with Crippen LogP contribution in [0.2, 0.25) is 0 Å². The average Bonchev–Trinajstić information content (AvgIpc) is 4.48. The molecular weight excluding hydrogens is 1120 g/mol. The number of nitrogens with one attached hydrogen (secondary N) is 7. The second kappa shape index (κ2) is 44.0. The minimum atomic E-state index is 0. The van der Waals surface area contributed by atoms with Crippen LogP contribution in [0.25, 0.3) is 43.6 Å². The molecule has 12 rings (SSSR count). The number of amidine groups is 1. The Kier molecular flexibility index (Phi) is 38.8. The number of benzene rings is 4. The third-order valence-corrected chi connectivity index (χ3v) is 11.7. The molecule has 7 N–H and O–H groups in total. The van der Waals surface area contributed by atoms with E-state index in [0.717, 1.165) is 73.9 Å². The first kappa shape index (κ1) is 78.5. The van der Waals surface area contributed by atoms with E-state index in [0.29, 0.717) is 42.3 Å². The highest BCUT2D eigenvalue weighted by Gasteiger charge is 2.15. The van der Waals surface area contributed by atoms with E-state index in [1.165, 1.54) is 16.0 Å². The minimum absolute atomic E-state index is 0. The van der Waals surface area contributed by atoms with Gasteiger partial charge in [0.25, 0.3) is 6.01 Å². The summed E-state index contributed by atoms with van der Waals surface area (Å²) >= 11 is 1.70. The molecule has 0 saturated carbocycles. The number of oxazole rings is 1. The molecule has 0 bridgehead atoms. The van der Waals surface area contributed by atoms with Crippen LogP contribution in [-0.2, 0) is 6.42 Å². The fourth-order valence-corrected chi connectivity index (χ4v) is 8.73. The Balaban J connectivity index is 0.000000517. The number of hydrogen-bond acceptors (Lipinski definition) is 14. The number of aliphatic imine (C=N–C) groups is 1. The van der Waals surface area contributed by atoms with Crippen molar-refractivity contribution in [3.63, 3.8) is 0 Å². The van der Waals surface area contributed by atoms with Gasteiger partial charge in [-0.05, 0) is 155 Å². The molecular formula is C71H110N16OS. The van der Waals surface area contributed by atoms with Gasteiger partial charge in [0.2, 0.25) is 5.95 Å². The number of aromatic amines is 1. The molecule has 0 saturated heterocycles. The number of pyridine rings is 1. The quantitative estimate of drug-likeness (QED) is 0.0646. The molecule has 0 amide bonds. The van der Waals surface area contributed by atoms with Gasteiger partial charge in [-0.3, -0.25) is 4.99 Å². The third-order valence-electron chi connectivity index (χ3n) is 10.8. The Morgan fingerprint density at radius 2 is 1.04 bits per heavy atom. The maximum atomic E-state index is 5.46. The van der Waals surface area contributed by atoms with Crippen molar-refractivity contribution in [3.05, 3.63) is 158 Å². The largest absolute Gasteiger partial charge is 0.424 e. The molecule has 0 radical (unpaired) electrons. The van der Waals surface area contributed by atoms with Crippen LogP contribution < -0.4 is 31.9 Å². The van der Waals surface area contributed by atoms with Gasteiger partial charge in [-0.25, -0.2) is 24.5 Å². The van der Waals surface area contributed by atoms with Crippen LogP contribution in [0.15, 0.2) is 162 Å². The second-order valence-corrected chi connectivity index (χ2v) is 21.3. The van der Waals surface area contributed by atoms with Gasteiger partial charge in [-0.1, -0.05) is 149 Å². The van der Waals surface area contributed by atoms with Crippen molar-refractivity contribution in [2.75, 3.05) is 31.9 Å². The number of anilines is 6. The first-order valence-electron chi connectivity index (χ1n) is 31.7. The number of aromatic nitrogens is 9. The molecule has 0 aliphatic carbocycles. The van der Waals surface area contributed by atoms with Crippen molar-refractivity contribution >= 4 is 95.2 Å². The summed E-state index contributed by atoms with van der Waals surface area (Å²) in [6.45, 7) is 45.1. The SMILES string of the molecule is C.CC.CC.CC.CC.CC.CC(C)N=C1Cc2ccccc2N1.CC(C)Nc1cn2ccccc2n1.CC(C)Nc1cn2ncccc2n1.CC(C)Nc1nc2ccccc2[nH]1.CC(C)Nc1nc2ccccc2o1.CC(C)Nc1nc2ccccc2s1. The summed E-state index contributed by atoms with van der Waals surface area (Å²) in [5.41, 5.74) is 9.28. The molecule has 8 heterocycles. The maximum absolute atomic E-state index is 5.46. The van der Waals surface area contributed by atoms with Crippen molar-refractivity contribution in [1.29, 1.82) is 0 Å². The number of para-hydroxylation sites is 6. The first-order valence-corrected chi connectivity index (χ1v) is 32.5. The molecule has 0 spiro atoms. The normalized spacial score (nSPS) is 10.9. The zero-order valence-electron chi connectivity index (χ0n) is 56.9. The zero-order chi connectivity index (χ0) is 65.6. The molecule has 1 aliphatic rings. The van der Waals surface area contributed by atoms with Crippen molar-refractivity contribution in [1.82, 2.24) is 43.9 Å². The second-order valence-electron chi connectivity index (χ2n) is 20.2. The van der Waals surface area contributed by atoms with Crippen LogP contribution in [-0.4, -0.2) is 86.0 Å². The van der Waals surface area contributed by atoms with Crippen LogP contribution in [0.4, 0.5) is 34.4 Å². The lowest BCUT2D eigenvalue weighted by atomic mass is 10.2. The smallest absolute Gasteiger partial charge is 0.295 e. The van der Waals surface area contributed by atoms with Crippen LogP contribution in [0, 0.1) is 0 Å². The van der Waals surface area contributed by atoms with E-state index in [4.69, 9.17) is 4.42 Å². The highest BCUT2D eigenvalue weighted by molar-refractivity contribution is 7.22. The fraction of sp³-hybridized carbons (Fsp3) is 0.423. The molecule has 18 heteroatoms. The van der Waals surface area contributed by atoms with E-state index in [1.54, 1.807) is 22.0 Å². The van der Waals surface area contributed by atoms with Crippen LogP contribution in [0.1, 0.15) is 165 Å². The van der Waals surface area contributed by atoms with Crippen LogP contribution >= 0.6 is 11.3 Å². The molecule has 0 fully saturated rings. The lowest BCUT2D eigenvalue weighted by Crippen LogP contribution is -2.10. The minimum Gasteiger partial charge on any atom is -0.424 e. The number of nitrogens with zero attached hydrogens (tertiary/aromatic N) is 9. The monoisotopic (exact) mass is 1230 g/mol. The summed E-state index contributed by atoms with van der Waals surface area (Å²) < 4.78 is 10.5. The Labute approximate surface area is 537 Å². The summed E-state index contributed by atoms with van der Waals surface area (Å²) in [4.78, 5) is 29.6. The van der Waals surface area contributed by atoms with E-state index >= 15 is 0 Å². The van der Waals surface area contributed by atoms with Crippen molar-refractivity contribution < 1.29 is 4.42 Å². The Hall–Kier alpha value is -8.51. The molecule has 17 nitrogen and oxygen atoms in total. The highest BCUT2D eigenvalue weighted by atomic mass is 32.1. The van der Waals surface area contributed by atoms with Crippen molar-refractivity contribution in [3.8, 4) is 0 Å². The molecule has 7 aromatic heterocycles. The number of H-pyrrole nitrogens is 1. The molecule has 1 aliphatic heterocycles. The molecule has 0 unspecified atom stereocenters. The number of hydrogen-bond donors (Lipinski definition) is 7. The van der Waals surface area contributed by atoms with E-state index in [9.17, 15) is 0 Å². The number of fused-ring (bicyclic) bond motifs is 6. The van der Waals surface area contributed by atoms with Crippen molar-refractivity contribution in [2.45, 2.75) is 202 Å². The maximum Gasteiger partial charge on any atom is 0.295 e. The summed E-state index contributed by atoms with van der Waals surface area (Å²) in [6, 6.07) is 45.0. The Bertz CT molecular complexity index is 2930. The summed E-state index contributed by atoms with van der Waals surface area (Å²) in [6.07, 6.45) is 8.57. The highest BCUT2D eigenvalue weighted by Crippen LogP contribution is 2.26. The molecule has 89 heavy (non-hydrogen) atoms. The molecule has 4 aromatic carbocycles. The summed E-state index contributed by atoms with van der Waals surface area (Å²) in [5.74, 6) is 3.74. The number of imidazole rings is 3. The Morgan fingerprint density at radius 1 is 0.506 bits per heavy atom. The number of rotatable bonds is 11.